The Balaban J connectivity index is 0.00000312. The number of carbonyl (C=O) groups is 2. The van der Waals surface area contributed by atoms with Gasteiger partial charge in [-0.25, -0.2) is 0 Å². The Hall–Kier alpha value is -1.79. The van der Waals surface area contributed by atoms with Gasteiger partial charge >= 0.3 is 0 Å². The molecular formula is C18H28ClN3O3. The van der Waals surface area contributed by atoms with Crippen molar-refractivity contribution in [2.45, 2.75) is 38.5 Å². The Labute approximate surface area is 155 Å². The fraction of sp³-hybridized carbons (Fsp3) is 0.556. The first-order valence-corrected chi connectivity index (χ1v) is 8.67. The smallest absolute Gasteiger partial charge is 0.243 e. The van der Waals surface area contributed by atoms with Crippen LogP contribution in [0.1, 0.15) is 38.5 Å². The minimum atomic E-state index is -0.234. The number of ether oxygens (including phenoxy) is 1. The van der Waals surface area contributed by atoms with E-state index in [0.29, 0.717) is 36.9 Å². The zero-order valence-corrected chi connectivity index (χ0v) is 15.3. The van der Waals surface area contributed by atoms with Crippen molar-refractivity contribution < 1.29 is 14.3 Å². The van der Waals surface area contributed by atoms with Crippen molar-refractivity contribution in [1.82, 2.24) is 5.32 Å². The Morgan fingerprint density at radius 2 is 1.76 bits per heavy atom. The number of benzene rings is 1. The van der Waals surface area contributed by atoms with E-state index in [9.17, 15) is 9.59 Å². The van der Waals surface area contributed by atoms with Crippen LogP contribution in [0.2, 0.25) is 0 Å². The molecule has 0 saturated heterocycles. The lowest BCUT2D eigenvalue weighted by atomic mass is 9.87. The third kappa shape index (κ3) is 8.23. The highest BCUT2D eigenvalue weighted by Gasteiger charge is 2.17. The van der Waals surface area contributed by atoms with E-state index < -0.39 is 0 Å². The van der Waals surface area contributed by atoms with Gasteiger partial charge in [-0.3, -0.25) is 9.59 Å². The van der Waals surface area contributed by atoms with Crippen LogP contribution in [0.15, 0.2) is 24.3 Å². The normalized spacial score (nSPS) is 14.3. The Morgan fingerprint density at radius 1 is 1.08 bits per heavy atom. The van der Waals surface area contributed by atoms with Gasteiger partial charge < -0.3 is 21.1 Å². The molecule has 7 heteroatoms. The van der Waals surface area contributed by atoms with Gasteiger partial charge in [-0.2, -0.15) is 0 Å². The summed E-state index contributed by atoms with van der Waals surface area (Å²) in [5.74, 6) is 0.910. The molecule has 1 aromatic carbocycles. The molecule has 1 aliphatic carbocycles. The zero-order chi connectivity index (χ0) is 17.2. The van der Waals surface area contributed by atoms with Crippen LogP contribution < -0.4 is 21.1 Å². The van der Waals surface area contributed by atoms with E-state index in [4.69, 9.17) is 10.5 Å². The lowest BCUT2D eigenvalue weighted by Crippen LogP contribution is -2.34. The molecule has 0 unspecified atom stereocenters. The second kappa shape index (κ2) is 11.7. The number of nitrogens with one attached hydrogen (secondary N) is 2. The molecule has 4 N–H and O–H groups in total. The summed E-state index contributed by atoms with van der Waals surface area (Å²) in [5, 5.41) is 5.45. The van der Waals surface area contributed by atoms with Crippen molar-refractivity contribution in [3.8, 4) is 5.75 Å². The number of anilines is 1. The quantitative estimate of drug-likeness (QED) is 0.656. The van der Waals surface area contributed by atoms with Gasteiger partial charge in [0.2, 0.25) is 11.8 Å². The topological polar surface area (TPSA) is 93.4 Å². The van der Waals surface area contributed by atoms with E-state index in [1.807, 2.05) is 0 Å². The van der Waals surface area contributed by atoms with Crippen molar-refractivity contribution in [1.29, 1.82) is 0 Å². The number of nitrogens with two attached hydrogens (primary N) is 1. The van der Waals surface area contributed by atoms with Crippen LogP contribution in [0.4, 0.5) is 5.69 Å². The lowest BCUT2D eigenvalue weighted by Gasteiger charge is -2.20. The summed E-state index contributed by atoms with van der Waals surface area (Å²) in [6.45, 7) is 0.911. The van der Waals surface area contributed by atoms with E-state index >= 15 is 0 Å². The summed E-state index contributed by atoms with van der Waals surface area (Å²) < 4.78 is 5.37. The number of halogens is 1. The molecule has 0 aromatic heterocycles. The number of rotatable bonds is 8. The van der Waals surface area contributed by atoms with Gasteiger partial charge in [0.05, 0.1) is 6.54 Å². The summed E-state index contributed by atoms with van der Waals surface area (Å²) >= 11 is 0. The number of amides is 2. The Kier molecular flexibility index (Phi) is 9.96. The molecule has 0 spiro atoms. The van der Waals surface area contributed by atoms with E-state index in [1.54, 1.807) is 24.3 Å². The van der Waals surface area contributed by atoms with Crippen LogP contribution in [-0.4, -0.2) is 31.5 Å². The summed E-state index contributed by atoms with van der Waals surface area (Å²) in [5.41, 5.74) is 6.04. The van der Waals surface area contributed by atoms with Gasteiger partial charge in [-0.1, -0.05) is 19.3 Å². The first-order chi connectivity index (χ1) is 11.7. The highest BCUT2D eigenvalue weighted by atomic mass is 35.5. The third-order valence-electron chi connectivity index (χ3n) is 4.17. The van der Waals surface area contributed by atoms with Crippen molar-refractivity contribution >= 4 is 29.9 Å². The molecule has 1 aromatic rings. The van der Waals surface area contributed by atoms with Gasteiger partial charge in [0, 0.05) is 18.7 Å². The molecule has 0 bridgehead atoms. The minimum absolute atomic E-state index is 0. The van der Waals surface area contributed by atoms with E-state index in [0.717, 1.165) is 12.8 Å². The number of carbonyl (C=O) groups excluding carboxylic acids is 2. The molecule has 2 rings (SSSR count). The summed E-state index contributed by atoms with van der Waals surface area (Å²) in [6.07, 6.45) is 6.47. The van der Waals surface area contributed by atoms with Crippen LogP contribution in [0.25, 0.3) is 0 Å². The molecular weight excluding hydrogens is 342 g/mol. The van der Waals surface area contributed by atoms with Crippen LogP contribution in [0.5, 0.6) is 5.75 Å². The maximum atomic E-state index is 11.9. The average molecular weight is 370 g/mol. The van der Waals surface area contributed by atoms with Crippen LogP contribution in [0.3, 0.4) is 0 Å². The Morgan fingerprint density at radius 3 is 2.40 bits per heavy atom. The highest BCUT2D eigenvalue weighted by Crippen LogP contribution is 2.26. The van der Waals surface area contributed by atoms with Crippen molar-refractivity contribution in [2.24, 2.45) is 11.7 Å². The molecule has 0 aliphatic heterocycles. The lowest BCUT2D eigenvalue weighted by molar-refractivity contribution is -0.125. The summed E-state index contributed by atoms with van der Waals surface area (Å²) in [6, 6.07) is 7.06. The van der Waals surface area contributed by atoms with Crippen molar-refractivity contribution in [2.75, 3.05) is 25.0 Å². The molecule has 6 nitrogen and oxygen atoms in total. The third-order valence-corrected chi connectivity index (χ3v) is 4.17. The second-order valence-electron chi connectivity index (χ2n) is 6.19. The van der Waals surface area contributed by atoms with E-state index in [1.165, 1.54) is 19.3 Å². The standard InChI is InChI=1S/C18H27N3O3.ClH/c19-10-11-24-16-8-6-15(7-9-16)21-18(23)13-20-17(22)12-14-4-2-1-3-5-14;/h6-9,14H,1-5,10-13,19H2,(H,20,22)(H,21,23);1H. The van der Waals surface area contributed by atoms with Crippen molar-refractivity contribution in [3.63, 3.8) is 0 Å². The zero-order valence-electron chi connectivity index (χ0n) is 14.5. The first-order valence-electron chi connectivity index (χ1n) is 8.67. The summed E-state index contributed by atoms with van der Waals surface area (Å²) in [4.78, 5) is 23.8. The molecule has 2 amide bonds. The van der Waals surface area contributed by atoms with Gasteiger partial charge in [0.1, 0.15) is 12.4 Å². The molecule has 1 fully saturated rings. The maximum absolute atomic E-state index is 11.9. The van der Waals surface area contributed by atoms with E-state index in [-0.39, 0.29) is 30.8 Å². The maximum Gasteiger partial charge on any atom is 0.243 e. The highest BCUT2D eigenvalue weighted by molar-refractivity contribution is 5.94. The van der Waals surface area contributed by atoms with Gasteiger partial charge in [0.15, 0.2) is 0 Å². The van der Waals surface area contributed by atoms with Crippen molar-refractivity contribution in [3.05, 3.63) is 24.3 Å². The van der Waals surface area contributed by atoms with E-state index in [2.05, 4.69) is 10.6 Å². The van der Waals surface area contributed by atoms with Gasteiger partial charge in [-0.15, -0.1) is 12.4 Å². The predicted octanol–water partition coefficient (Wildman–Crippen LogP) is 2.47. The fourth-order valence-electron chi connectivity index (χ4n) is 2.92. The molecule has 25 heavy (non-hydrogen) atoms. The fourth-order valence-corrected chi connectivity index (χ4v) is 2.92. The molecule has 140 valence electrons. The molecule has 0 heterocycles. The van der Waals surface area contributed by atoms with Crippen LogP contribution in [0, 0.1) is 5.92 Å². The number of hydrogen-bond acceptors (Lipinski definition) is 4. The summed E-state index contributed by atoms with van der Waals surface area (Å²) in [7, 11) is 0. The second-order valence-corrected chi connectivity index (χ2v) is 6.19. The minimum Gasteiger partial charge on any atom is -0.492 e. The largest absolute Gasteiger partial charge is 0.492 e. The monoisotopic (exact) mass is 369 g/mol. The average Bonchev–Trinajstić information content (AvgIpc) is 2.60. The molecule has 0 atom stereocenters. The molecule has 1 saturated carbocycles. The predicted molar refractivity (Wildman–Crippen MR) is 101 cm³/mol. The molecule has 0 radical (unpaired) electrons. The van der Waals surface area contributed by atoms with Gasteiger partial charge in [0.25, 0.3) is 0 Å². The SMILES string of the molecule is Cl.NCCOc1ccc(NC(=O)CNC(=O)CC2CCCCC2)cc1. The molecule has 1 aliphatic rings. The Bertz CT molecular complexity index is 531. The van der Waals surface area contributed by atoms with Gasteiger partial charge in [-0.05, 0) is 43.0 Å². The first kappa shape index (κ1) is 21.3. The van der Waals surface area contributed by atoms with Crippen LogP contribution >= 0.6 is 12.4 Å². The number of hydrogen-bond donors (Lipinski definition) is 3. The van der Waals surface area contributed by atoms with Crippen LogP contribution in [-0.2, 0) is 9.59 Å².